The zero-order valence-electron chi connectivity index (χ0n) is 29.8. The number of sulfone groups is 1. The highest BCUT2D eigenvalue weighted by molar-refractivity contribution is 7.92. The van der Waals surface area contributed by atoms with Gasteiger partial charge in [0.1, 0.15) is 17.1 Å². The van der Waals surface area contributed by atoms with E-state index in [1.807, 2.05) is 12.1 Å². The molecule has 0 fully saturated rings. The summed E-state index contributed by atoms with van der Waals surface area (Å²) in [6.45, 7) is 23.9. The number of ether oxygens (including phenoxy) is 1. The molecule has 6 heteroatoms. The molecule has 0 saturated heterocycles. The van der Waals surface area contributed by atoms with Gasteiger partial charge < -0.3 is 9.16 Å². The molecule has 1 unspecified atom stereocenters. The van der Waals surface area contributed by atoms with Crippen LogP contribution in [0.5, 0.6) is 11.5 Å². The van der Waals surface area contributed by atoms with E-state index in [-0.39, 0.29) is 5.04 Å². The lowest BCUT2D eigenvalue weighted by atomic mass is 9.87. The molecule has 0 aromatic heterocycles. The van der Waals surface area contributed by atoms with Crippen molar-refractivity contribution in [2.45, 2.75) is 141 Å². The fourth-order valence-electron chi connectivity index (χ4n) is 5.60. The van der Waals surface area contributed by atoms with Gasteiger partial charge in [-0.3, -0.25) is 0 Å². The molecule has 45 heavy (non-hydrogen) atoms. The smallest absolute Gasteiger partial charge is 0.250 e. The first-order chi connectivity index (χ1) is 20.8. The topological polar surface area (TPSA) is 52.6 Å². The van der Waals surface area contributed by atoms with E-state index in [2.05, 4.69) is 99.7 Å². The van der Waals surface area contributed by atoms with E-state index in [0.29, 0.717) is 11.3 Å². The molecule has 0 aliphatic carbocycles. The predicted octanol–water partition coefficient (Wildman–Crippen LogP) is 11.1. The van der Waals surface area contributed by atoms with Crippen LogP contribution in [-0.2, 0) is 16.3 Å². The predicted molar refractivity (Wildman–Crippen MR) is 194 cm³/mol. The van der Waals surface area contributed by atoms with Crippen LogP contribution in [0.1, 0.15) is 105 Å². The zero-order valence-corrected chi connectivity index (χ0v) is 31.7. The van der Waals surface area contributed by atoms with Crippen molar-refractivity contribution in [1.29, 1.82) is 0 Å². The maximum atomic E-state index is 14.1. The van der Waals surface area contributed by atoms with Gasteiger partial charge >= 0.3 is 0 Å². The molecule has 0 radical (unpaired) electrons. The average Bonchev–Trinajstić information content (AvgIpc) is 2.92. The molecule has 1 heterocycles. The van der Waals surface area contributed by atoms with Crippen molar-refractivity contribution in [2.24, 2.45) is 0 Å². The maximum absolute atomic E-state index is 14.1. The summed E-state index contributed by atoms with van der Waals surface area (Å²) >= 11 is 0. The lowest BCUT2D eigenvalue weighted by molar-refractivity contribution is 0.0568. The number of aryl methyl sites for hydroxylation is 2. The van der Waals surface area contributed by atoms with Crippen LogP contribution in [0.3, 0.4) is 0 Å². The molecule has 0 spiro atoms. The molecule has 0 N–H and O–H groups in total. The number of fused-ring (bicyclic) bond motifs is 1. The first-order valence-corrected chi connectivity index (χ1v) is 21.1. The minimum Gasteiger partial charge on any atom is -0.543 e. The largest absolute Gasteiger partial charge is 0.543 e. The van der Waals surface area contributed by atoms with Crippen LogP contribution < -0.4 is 9.16 Å². The van der Waals surface area contributed by atoms with Gasteiger partial charge in [-0.15, -0.1) is 0 Å². The third kappa shape index (κ3) is 10.2. The molecule has 3 rings (SSSR count). The molecular formula is C39H58O4SSi. The molecule has 4 nitrogen and oxygen atoms in total. The Kier molecular flexibility index (Phi) is 12.2. The van der Waals surface area contributed by atoms with Gasteiger partial charge in [0.05, 0.1) is 10.1 Å². The van der Waals surface area contributed by atoms with E-state index in [1.165, 1.54) is 11.1 Å². The summed E-state index contributed by atoms with van der Waals surface area (Å²) in [7, 11) is -5.60. The second-order valence-corrected chi connectivity index (χ2v) is 22.1. The van der Waals surface area contributed by atoms with Gasteiger partial charge in [0.2, 0.25) is 8.32 Å². The Morgan fingerprint density at radius 1 is 1.00 bits per heavy atom. The van der Waals surface area contributed by atoms with Gasteiger partial charge in [0, 0.05) is 6.42 Å². The number of hydrogen-bond acceptors (Lipinski definition) is 4. The van der Waals surface area contributed by atoms with Crippen molar-refractivity contribution in [2.75, 3.05) is 0 Å². The lowest BCUT2D eigenvalue weighted by Crippen LogP contribution is -2.44. The number of allylic oxidation sites excluding steroid dienone is 5. The lowest BCUT2D eigenvalue weighted by Gasteiger charge is -2.40. The number of benzene rings is 2. The number of hydrogen-bond donors (Lipinski definition) is 0. The fourth-order valence-corrected chi connectivity index (χ4v) is 8.48. The van der Waals surface area contributed by atoms with Gasteiger partial charge in [0.25, 0.3) is 0 Å². The van der Waals surface area contributed by atoms with E-state index >= 15 is 0 Å². The molecule has 1 aliphatic heterocycles. The molecular weight excluding hydrogens is 593 g/mol. The van der Waals surface area contributed by atoms with Crippen molar-refractivity contribution >= 4 is 18.2 Å². The molecule has 0 amide bonds. The van der Waals surface area contributed by atoms with Crippen LogP contribution in [0, 0.1) is 6.92 Å². The average molecular weight is 651 g/mol. The van der Waals surface area contributed by atoms with Crippen molar-refractivity contribution < 1.29 is 17.6 Å². The third-order valence-electron chi connectivity index (χ3n) is 9.47. The van der Waals surface area contributed by atoms with Crippen LogP contribution in [0.4, 0.5) is 0 Å². The summed E-state index contributed by atoms with van der Waals surface area (Å²) < 4.78 is 41.6. The molecule has 1 aliphatic rings. The summed E-state index contributed by atoms with van der Waals surface area (Å²) in [6.07, 6.45) is 12.4. The summed E-state index contributed by atoms with van der Waals surface area (Å²) in [5.41, 5.74) is 5.38. The molecule has 2 atom stereocenters. The fraction of sp³-hybridized carbons (Fsp3) is 0.538. The van der Waals surface area contributed by atoms with E-state index in [0.717, 1.165) is 66.7 Å². The minimum absolute atomic E-state index is 0.108. The van der Waals surface area contributed by atoms with Crippen molar-refractivity contribution in [3.8, 4) is 11.5 Å². The van der Waals surface area contributed by atoms with Crippen molar-refractivity contribution in [3.05, 3.63) is 88.5 Å². The van der Waals surface area contributed by atoms with Crippen molar-refractivity contribution in [3.63, 3.8) is 0 Å². The Labute approximate surface area is 276 Å². The molecule has 248 valence electrons. The zero-order chi connectivity index (χ0) is 33.6. The van der Waals surface area contributed by atoms with E-state index in [4.69, 9.17) is 9.16 Å². The maximum Gasteiger partial charge on any atom is 0.250 e. The van der Waals surface area contributed by atoms with Crippen molar-refractivity contribution in [1.82, 2.24) is 0 Å². The summed E-state index contributed by atoms with van der Waals surface area (Å²) in [5, 5.41) is -0.576. The summed E-state index contributed by atoms with van der Waals surface area (Å²) in [5.74, 6) is 1.78. The van der Waals surface area contributed by atoms with Crippen LogP contribution in [-0.4, -0.2) is 27.6 Å². The van der Waals surface area contributed by atoms with Gasteiger partial charge in [0.15, 0.2) is 9.84 Å². The van der Waals surface area contributed by atoms with Gasteiger partial charge in [-0.05, 0) is 134 Å². The van der Waals surface area contributed by atoms with E-state index in [1.54, 1.807) is 24.3 Å². The third-order valence-corrected chi connectivity index (χ3v) is 15.9. The summed E-state index contributed by atoms with van der Waals surface area (Å²) in [4.78, 5) is 0.359. The monoisotopic (exact) mass is 650 g/mol. The van der Waals surface area contributed by atoms with Crippen LogP contribution in [0.15, 0.2) is 82.3 Å². The van der Waals surface area contributed by atoms with Crippen LogP contribution >= 0.6 is 0 Å². The first-order valence-electron chi connectivity index (χ1n) is 16.6. The quantitative estimate of drug-likeness (QED) is 0.160. The highest BCUT2D eigenvalue weighted by atomic mass is 32.2. The Morgan fingerprint density at radius 3 is 2.24 bits per heavy atom. The normalized spacial score (nSPS) is 18.6. The van der Waals surface area contributed by atoms with Gasteiger partial charge in [-0.25, -0.2) is 8.42 Å². The molecule has 2 aromatic carbocycles. The van der Waals surface area contributed by atoms with E-state index in [9.17, 15) is 8.42 Å². The molecule has 0 saturated carbocycles. The Morgan fingerprint density at radius 2 is 1.62 bits per heavy atom. The number of rotatable bonds is 13. The Hall–Kier alpha value is -2.57. The van der Waals surface area contributed by atoms with Crippen LogP contribution in [0.2, 0.25) is 18.1 Å². The SMILES string of the molecule is CC(C)=CCC/C(C)=C/CC/C(C)=C/C(C[C@]1(C)CCc2cc(O[Si](C)(C)C(C)(C)C)cc(C)c2O1)S(=O)(=O)c1ccccc1. The standard InChI is InChI=1S/C39H58O4SSi/c1-29(2)17-15-18-30(3)19-16-20-31(4)25-36(44(40,41)35-21-13-12-14-22-35)28-39(9)24-23-33-27-34(26-32(5)37(33)42-39)43-45(10,11)38(6,7)8/h12-14,17,19,21-22,25-27,36H,15-16,18,20,23-24,28H2,1-11H3/b30-19+,31-25+/t36?,39-/m0/s1. The minimum atomic E-state index is -3.62. The summed E-state index contributed by atoms with van der Waals surface area (Å²) in [6, 6.07) is 13.1. The highest BCUT2D eigenvalue weighted by Crippen LogP contribution is 2.43. The highest BCUT2D eigenvalue weighted by Gasteiger charge is 2.41. The Bertz CT molecular complexity index is 1510. The molecule has 2 aromatic rings. The second-order valence-electron chi connectivity index (χ2n) is 15.2. The molecule has 0 bridgehead atoms. The van der Waals surface area contributed by atoms with Crippen LogP contribution in [0.25, 0.3) is 0 Å². The first kappa shape index (κ1) is 36.9. The van der Waals surface area contributed by atoms with Gasteiger partial charge in [-0.2, -0.15) is 0 Å². The Balaban J connectivity index is 1.85. The van der Waals surface area contributed by atoms with Gasteiger partial charge in [-0.1, -0.05) is 73.9 Å². The van der Waals surface area contributed by atoms with E-state index < -0.39 is 29.0 Å². The second kappa shape index (κ2) is 14.9.